The van der Waals surface area contributed by atoms with E-state index in [1.807, 2.05) is 28.8 Å². The molecule has 5 nitrogen and oxygen atoms in total. The van der Waals surface area contributed by atoms with Crippen LogP contribution in [0.15, 0.2) is 30.6 Å². The van der Waals surface area contributed by atoms with E-state index in [1.165, 1.54) is 0 Å². The number of nitrogens with zero attached hydrogens (tertiary/aromatic N) is 3. The van der Waals surface area contributed by atoms with Gasteiger partial charge in [0.25, 0.3) is 0 Å². The SMILES string of the molecule is O=C(CCn1cnc2ccccc21)N1CC(O)(C2CC2)C1. The molecule has 0 radical (unpaired) electrons. The molecule has 1 aromatic carbocycles. The molecule has 1 aliphatic heterocycles. The normalized spacial score (nSPS) is 20.5. The Bertz CT molecular complexity index is 684. The lowest BCUT2D eigenvalue weighted by Gasteiger charge is -2.47. The van der Waals surface area contributed by atoms with E-state index >= 15 is 0 Å². The van der Waals surface area contributed by atoms with E-state index in [1.54, 1.807) is 11.2 Å². The van der Waals surface area contributed by atoms with Gasteiger partial charge in [-0.25, -0.2) is 4.98 Å². The topological polar surface area (TPSA) is 58.4 Å². The minimum atomic E-state index is -0.586. The van der Waals surface area contributed by atoms with Crippen LogP contribution in [0.5, 0.6) is 0 Å². The van der Waals surface area contributed by atoms with Crippen LogP contribution in [0.3, 0.4) is 0 Å². The van der Waals surface area contributed by atoms with Crippen LogP contribution in [-0.2, 0) is 11.3 Å². The first-order valence-electron chi connectivity index (χ1n) is 7.56. The molecule has 2 aliphatic rings. The van der Waals surface area contributed by atoms with Gasteiger partial charge in [-0.05, 0) is 30.9 Å². The predicted molar refractivity (Wildman–Crippen MR) is 78.6 cm³/mol. The minimum absolute atomic E-state index is 0.123. The van der Waals surface area contributed by atoms with Crippen molar-refractivity contribution in [3.63, 3.8) is 0 Å². The number of imidazole rings is 1. The lowest BCUT2D eigenvalue weighted by Crippen LogP contribution is -2.64. The van der Waals surface area contributed by atoms with E-state index < -0.39 is 5.60 Å². The minimum Gasteiger partial charge on any atom is -0.386 e. The molecule has 1 saturated heterocycles. The number of aromatic nitrogens is 2. The van der Waals surface area contributed by atoms with Crippen molar-refractivity contribution in [2.75, 3.05) is 13.1 Å². The smallest absolute Gasteiger partial charge is 0.224 e. The number of β-amino-alcohol motifs (C(OH)–C–C–N with tert-alkyl or cyclic N) is 1. The third-order valence-electron chi connectivity index (χ3n) is 4.71. The molecule has 0 spiro atoms. The van der Waals surface area contributed by atoms with Crippen molar-refractivity contribution in [1.82, 2.24) is 14.5 Å². The average Bonchev–Trinajstić information content (AvgIpc) is 3.23. The first kappa shape index (κ1) is 12.8. The Morgan fingerprint density at radius 2 is 2.10 bits per heavy atom. The molecule has 4 rings (SSSR count). The molecule has 5 heteroatoms. The zero-order valence-electron chi connectivity index (χ0n) is 11.9. The zero-order chi connectivity index (χ0) is 14.4. The Balaban J connectivity index is 1.36. The lowest BCUT2D eigenvalue weighted by atomic mass is 9.88. The van der Waals surface area contributed by atoms with Gasteiger partial charge in [0.05, 0.1) is 30.5 Å². The predicted octanol–water partition coefficient (Wildman–Crippen LogP) is 1.41. The van der Waals surface area contributed by atoms with E-state index in [0.717, 1.165) is 23.9 Å². The third-order valence-corrected chi connectivity index (χ3v) is 4.71. The molecule has 1 amide bonds. The Labute approximate surface area is 123 Å². The summed E-state index contributed by atoms with van der Waals surface area (Å²) in [5.74, 6) is 0.553. The van der Waals surface area contributed by atoms with Crippen LogP contribution in [-0.4, -0.2) is 44.2 Å². The molecule has 1 N–H and O–H groups in total. The maximum atomic E-state index is 12.2. The van der Waals surface area contributed by atoms with Crippen molar-refractivity contribution in [1.29, 1.82) is 0 Å². The van der Waals surface area contributed by atoms with E-state index in [4.69, 9.17) is 0 Å². The second-order valence-electron chi connectivity index (χ2n) is 6.30. The first-order valence-corrected chi connectivity index (χ1v) is 7.56. The molecule has 21 heavy (non-hydrogen) atoms. The van der Waals surface area contributed by atoms with Crippen LogP contribution >= 0.6 is 0 Å². The molecular weight excluding hydrogens is 266 g/mol. The highest BCUT2D eigenvalue weighted by molar-refractivity contribution is 5.78. The van der Waals surface area contributed by atoms with Crippen LogP contribution in [0.1, 0.15) is 19.3 Å². The van der Waals surface area contributed by atoms with Gasteiger partial charge >= 0.3 is 0 Å². The molecule has 0 unspecified atom stereocenters. The standard InChI is InChI=1S/C16H19N3O2/c20-15(19-9-16(21,10-19)12-5-6-12)7-8-18-11-17-13-3-1-2-4-14(13)18/h1-4,11-12,21H,5-10H2. The number of hydrogen-bond donors (Lipinski definition) is 1. The van der Waals surface area contributed by atoms with E-state index in [2.05, 4.69) is 4.98 Å². The summed E-state index contributed by atoms with van der Waals surface area (Å²) < 4.78 is 2.01. The van der Waals surface area contributed by atoms with Crippen LogP contribution in [0, 0.1) is 5.92 Å². The molecule has 2 aromatic rings. The van der Waals surface area contributed by atoms with Crippen LogP contribution in [0.25, 0.3) is 11.0 Å². The van der Waals surface area contributed by atoms with Crippen molar-refractivity contribution >= 4 is 16.9 Å². The van der Waals surface area contributed by atoms with Gasteiger partial charge in [-0.1, -0.05) is 12.1 Å². The number of likely N-dealkylation sites (tertiary alicyclic amines) is 1. The summed E-state index contributed by atoms with van der Waals surface area (Å²) in [5.41, 5.74) is 1.43. The molecule has 2 heterocycles. The second kappa shape index (κ2) is 4.56. The quantitative estimate of drug-likeness (QED) is 0.924. The number of carbonyl (C=O) groups excluding carboxylic acids is 1. The fourth-order valence-electron chi connectivity index (χ4n) is 3.23. The number of carbonyl (C=O) groups is 1. The third kappa shape index (κ3) is 2.21. The van der Waals surface area contributed by atoms with Gasteiger partial charge in [0.1, 0.15) is 5.60 Å². The fraction of sp³-hybridized carbons (Fsp3) is 0.500. The molecule has 110 valence electrons. The lowest BCUT2D eigenvalue weighted by molar-refractivity contribution is -0.159. The molecular formula is C16H19N3O2. The Kier molecular flexibility index (Phi) is 2.79. The van der Waals surface area contributed by atoms with Crippen molar-refractivity contribution in [2.45, 2.75) is 31.4 Å². The summed E-state index contributed by atoms with van der Waals surface area (Å²) in [6, 6.07) is 7.93. The first-order chi connectivity index (χ1) is 10.2. The van der Waals surface area contributed by atoms with Crippen LogP contribution < -0.4 is 0 Å². The van der Waals surface area contributed by atoms with Gasteiger partial charge in [0.2, 0.25) is 5.91 Å². The monoisotopic (exact) mass is 285 g/mol. The summed E-state index contributed by atoms with van der Waals surface area (Å²) in [4.78, 5) is 18.3. The maximum absolute atomic E-state index is 12.2. The summed E-state index contributed by atoms with van der Waals surface area (Å²) in [7, 11) is 0. The highest BCUT2D eigenvalue weighted by Gasteiger charge is 2.52. The molecule has 0 atom stereocenters. The second-order valence-corrected chi connectivity index (χ2v) is 6.30. The van der Waals surface area contributed by atoms with E-state index in [-0.39, 0.29) is 5.91 Å². The van der Waals surface area contributed by atoms with Gasteiger partial charge in [-0.15, -0.1) is 0 Å². The average molecular weight is 285 g/mol. The largest absolute Gasteiger partial charge is 0.386 e. The molecule has 2 fully saturated rings. The van der Waals surface area contributed by atoms with Gasteiger partial charge < -0.3 is 14.6 Å². The summed E-state index contributed by atoms with van der Waals surface area (Å²) in [5, 5.41) is 10.3. The highest BCUT2D eigenvalue weighted by atomic mass is 16.3. The number of amides is 1. The van der Waals surface area contributed by atoms with Gasteiger partial charge in [0.15, 0.2) is 0 Å². The van der Waals surface area contributed by atoms with E-state index in [9.17, 15) is 9.90 Å². The van der Waals surface area contributed by atoms with Crippen molar-refractivity contribution in [2.24, 2.45) is 5.92 Å². The number of fused-ring (bicyclic) bond motifs is 1. The number of aryl methyl sites for hydroxylation is 1. The zero-order valence-corrected chi connectivity index (χ0v) is 11.9. The Morgan fingerprint density at radius 3 is 2.86 bits per heavy atom. The molecule has 0 bridgehead atoms. The number of para-hydroxylation sites is 2. The Morgan fingerprint density at radius 1 is 1.33 bits per heavy atom. The van der Waals surface area contributed by atoms with Crippen LogP contribution in [0.4, 0.5) is 0 Å². The number of hydrogen-bond acceptors (Lipinski definition) is 3. The number of benzene rings is 1. The summed E-state index contributed by atoms with van der Waals surface area (Å²) in [6.45, 7) is 1.67. The molecule has 1 aromatic heterocycles. The Hall–Kier alpha value is -1.88. The summed E-state index contributed by atoms with van der Waals surface area (Å²) in [6.07, 6.45) is 4.47. The molecule has 1 saturated carbocycles. The van der Waals surface area contributed by atoms with E-state index in [0.29, 0.717) is 32.0 Å². The molecule has 1 aliphatic carbocycles. The van der Waals surface area contributed by atoms with Crippen LogP contribution in [0.2, 0.25) is 0 Å². The van der Waals surface area contributed by atoms with Gasteiger partial charge in [-0.2, -0.15) is 0 Å². The van der Waals surface area contributed by atoms with Gasteiger partial charge in [0, 0.05) is 13.0 Å². The highest BCUT2D eigenvalue weighted by Crippen LogP contribution is 2.44. The summed E-state index contributed by atoms with van der Waals surface area (Å²) >= 11 is 0. The van der Waals surface area contributed by atoms with Crippen molar-refractivity contribution in [3.05, 3.63) is 30.6 Å². The number of aliphatic hydroxyl groups is 1. The fourth-order valence-corrected chi connectivity index (χ4v) is 3.23. The van der Waals surface area contributed by atoms with Crippen molar-refractivity contribution in [3.8, 4) is 0 Å². The maximum Gasteiger partial charge on any atom is 0.224 e. The number of rotatable bonds is 4. The van der Waals surface area contributed by atoms with Crippen molar-refractivity contribution < 1.29 is 9.90 Å². The van der Waals surface area contributed by atoms with Gasteiger partial charge in [-0.3, -0.25) is 4.79 Å².